The van der Waals surface area contributed by atoms with Crippen molar-refractivity contribution in [1.82, 2.24) is 0 Å². The molecule has 1 heterocycles. The standard InChI is InChI=1S/C25H20FNO3/c1-15-12-13-18(14-16(15)2)27-22(19-10-6-7-11-20(19)26)21(24(29)25(27)30)23(28)17-8-4-3-5-9-17/h3-14,22,28H,1-2H3/b23-21+. The van der Waals surface area contributed by atoms with E-state index in [1.54, 1.807) is 48.5 Å². The van der Waals surface area contributed by atoms with E-state index in [1.807, 2.05) is 19.9 Å². The molecule has 30 heavy (non-hydrogen) atoms. The number of aliphatic hydroxyl groups excluding tert-OH is 1. The quantitative estimate of drug-likeness (QED) is 0.379. The molecule has 0 aromatic heterocycles. The number of nitrogens with zero attached hydrogens (tertiary/aromatic N) is 1. The van der Waals surface area contributed by atoms with Gasteiger partial charge in [-0.25, -0.2) is 4.39 Å². The molecule has 1 unspecified atom stereocenters. The molecule has 1 aliphatic rings. The molecule has 0 spiro atoms. The molecule has 1 amide bonds. The second-order valence-electron chi connectivity index (χ2n) is 7.33. The fourth-order valence-corrected chi connectivity index (χ4v) is 3.72. The van der Waals surface area contributed by atoms with Crippen molar-refractivity contribution < 1.29 is 19.1 Å². The highest BCUT2D eigenvalue weighted by molar-refractivity contribution is 6.51. The summed E-state index contributed by atoms with van der Waals surface area (Å²) in [5, 5.41) is 11.0. The van der Waals surface area contributed by atoms with Gasteiger partial charge in [0.2, 0.25) is 0 Å². The van der Waals surface area contributed by atoms with Crippen molar-refractivity contribution in [3.8, 4) is 0 Å². The molecule has 1 N–H and O–H groups in total. The minimum atomic E-state index is -1.08. The van der Waals surface area contributed by atoms with E-state index < -0.39 is 23.5 Å². The van der Waals surface area contributed by atoms with E-state index in [0.717, 1.165) is 11.1 Å². The topological polar surface area (TPSA) is 57.6 Å². The largest absolute Gasteiger partial charge is 0.507 e. The van der Waals surface area contributed by atoms with E-state index >= 15 is 0 Å². The van der Waals surface area contributed by atoms with Gasteiger partial charge in [0.15, 0.2) is 0 Å². The Bertz CT molecular complexity index is 1180. The van der Waals surface area contributed by atoms with Crippen molar-refractivity contribution >= 4 is 23.1 Å². The van der Waals surface area contributed by atoms with Crippen LogP contribution in [0.25, 0.3) is 5.76 Å². The maximum atomic E-state index is 14.8. The molecular formula is C25H20FNO3. The Balaban J connectivity index is 1.99. The number of anilines is 1. The molecule has 0 radical (unpaired) electrons. The number of hydrogen-bond acceptors (Lipinski definition) is 3. The van der Waals surface area contributed by atoms with Gasteiger partial charge in [-0.2, -0.15) is 0 Å². The number of hydrogen-bond donors (Lipinski definition) is 1. The summed E-state index contributed by atoms with van der Waals surface area (Å²) in [5.41, 5.74) is 2.84. The molecule has 0 saturated carbocycles. The fraction of sp³-hybridized carbons (Fsp3) is 0.120. The molecule has 1 fully saturated rings. The second kappa shape index (κ2) is 7.59. The van der Waals surface area contributed by atoms with Crippen molar-refractivity contribution in [3.63, 3.8) is 0 Å². The molecule has 1 aliphatic heterocycles. The van der Waals surface area contributed by atoms with Crippen LogP contribution in [0.15, 0.2) is 78.4 Å². The zero-order chi connectivity index (χ0) is 21.4. The molecule has 4 nitrogen and oxygen atoms in total. The zero-order valence-corrected chi connectivity index (χ0v) is 16.6. The number of amides is 1. The number of halogens is 1. The smallest absolute Gasteiger partial charge is 0.300 e. The number of aliphatic hydroxyl groups is 1. The summed E-state index contributed by atoms with van der Waals surface area (Å²) in [6, 6.07) is 18.7. The predicted molar refractivity (Wildman–Crippen MR) is 114 cm³/mol. The van der Waals surface area contributed by atoms with Crippen molar-refractivity contribution in [2.24, 2.45) is 0 Å². The molecular weight excluding hydrogens is 381 g/mol. The van der Waals surface area contributed by atoms with Crippen molar-refractivity contribution in [2.45, 2.75) is 19.9 Å². The van der Waals surface area contributed by atoms with Crippen LogP contribution in [0.2, 0.25) is 0 Å². The lowest BCUT2D eigenvalue weighted by Gasteiger charge is -2.26. The maximum Gasteiger partial charge on any atom is 0.300 e. The van der Waals surface area contributed by atoms with Gasteiger partial charge < -0.3 is 5.11 Å². The number of Topliss-reactive ketones (excluding diaryl/α,β-unsaturated/α-hetero) is 1. The molecule has 1 atom stereocenters. The first-order chi connectivity index (χ1) is 14.4. The van der Waals surface area contributed by atoms with Crippen molar-refractivity contribution in [3.05, 3.63) is 106 Å². The Morgan fingerprint density at radius 2 is 1.57 bits per heavy atom. The SMILES string of the molecule is Cc1ccc(N2C(=O)C(=O)/C(=C(/O)c3ccccc3)C2c2ccccc2F)cc1C. The van der Waals surface area contributed by atoms with E-state index in [9.17, 15) is 19.1 Å². The number of carbonyl (C=O) groups is 2. The van der Waals surface area contributed by atoms with Crippen molar-refractivity contribution in [1.29, 1.82) is 0 Å². The average Bonchev–Trinajstić information content (AvgIpc) is 3.01. The minimum Gasteiger partial charge on any atom is -0.507 e. The monoisotopic (exact) mass is 401 g/mol. The van der Waals surface area contributed by atoms with Crippen LogP contribution in [0.4, 0.5) is 10.1 Å². The van der Waals surface area contributed by atoms with Gasteiger partial charge in [0.05, 0.1) is 11.6 Å². The number of carbonyl (C=O) groups excluding carboxylic acids is 2. The summed E-state index contributed by atoms with van der Waals surface area (Å²) in [6.45, 7) is 3.84. The van der Waals surface area contributed by atoms with Gasteiger partial charge >= 0.3 is 0 Å². The van der Waals surface area contributed by atoms with Gasteiger partial charge in [0.1, 0.15) is 11.6 Å². The number of aryl methyl sites for hydroxylation is 2. The van der Waals surface area contributed by atoms with Crippen LogP contribution >= 0.6 is 0 Å². The lowest BCUT2D eigenvalue weighted by molar-refractivity contribution is -0.132. The van der Waals surface area contributed by atoms with Gasteiger partial charge in [-0.05, 0) is 43.2 Å². The fourth-order valence-electron chi connectivity index (χ4n) is 3.72. The molecule has 150 valence electrons. The van der Waals surface area contributed by atoms with Crippen LogP contribution in [0, 0.1) is 19.7 Å². The number of ketones is 1. The maximum absolute atomic E-state index is 14.8. The van der Waals surface area contributed by atoms with Gasteiger partial charge in [-0.15, -0.1) is 0 Å². The van der Waals surface area contributed by atoms with Crippen LogP contribution in [0.5, 0.6) is 0 Å². The molecule has 4 rings (SSSR count). The molecule has 1 saturated heterocycles. The summed E-state index contributed by atoms with van der Waals surface area (Å²) < 4.78 is 14.8. The van der Waals surface area contributed by atoms with Gasteiger partial charge in [-0.3, -0.25) is 14.5 Å². The Morgan fingerprint density at radius 3 is 2.23 bits per heavy atom. The molecule has 3 aromatic carbocycles. The lowest BCUT2D eigenvalue weighted by atomic mass is 9.94. The third-order valence-electron chi connectivity index (χ3n) is 5.46. The van der Waals surface area contributed by atoms with Gasteiger partial charge in [0, 0.05) is 16.8 Å². The summed E-state index contributed by atoms with van der Waals surface area (Å²) >= 11 is 0. The first-order valence-corrected chi connectivity index (χ1v) is 9.58. The molecule has 0 aliphatic carbocycles. The summed E-state index contributed by atoms with van der Waals surface area (Å²) in [5.74, 6) is -2.53. The van der Waals surface area contributed by atoms with Crippen molar-refractivity contribution in [2.75, 3.05) is 4.90 Å². The highest BCUT2D eigenvalue weighted by atomic mass is 19.1. The Labute approximate surface area is 173 Å². The van der Waals surface area contributed by atoms with Crippen LogP contribution in [0.1, 0.15) is 28.3 Å². The van der Waals surface area contributed by atoms with E-state index in [1.165, 1.54) is 23.1 Å². The van der Waals surface area contributed by atoms with E-state index in [0.29, 0.717) is 11.3 Å². The highest BCUT2D eigenvalue weighted by Crippen LogP contribution is 2.43. The average molecular weight is 401 g/mol. The van der Waals surface area contributed by atoms with E-state index in [2.05, 4.69) is 0 Å². The molecule has 5 heteroatoms. The molecule has 3 aromatic rings. The van der Waals surface area contributed by atoms with Gasteiger partial charge in [-0.1, -0.05) is 54.6 Å². The Kier molecular flexibility index (Phi) is 4.96. The summed E-state index contributed by atoms with van der Waals surface area (Å²) in [4.78, 5) is 27.3. The van der Waals surface area contributed by atoms with E-state index in [-0.39, 0.29) is 16.9 Å². The van der Waals surface area contributed by atoms with Crippen LogP contribution in [-0.4, -0.2) is 16.8 Å². The third kappa shape index (κ3) is 3.18. The Hall–Kier alpha value is -3.73. The summed E-state index contributed by atoms with van der Waals surface area (Å²) in [7, 11) is 0. The minimum absolute atomic E-state index is 0.130. The normalized spacial score (nSPS) is 18.1. The number of rotatable bonds is 3. The molecule has 0 bridgehead atoms. The van der Waals surface area contributed by atoms with Crippen LogP contribution < -0.4 is 4.90 Å². The summed E-state index contributed by atoms with van der Waals surface area (Å²) in [6.07, 6.45) is 0. The van der Waals surface area contributed by atoms with Gasteiger partial charge in [0.25, 0.3) is 11.7 Å². The first kappa shape index (κ1) is 19.6. The predicted octanol–water partition coefficient (Wildman–Crippen LogP) is 5.07. The first-order valence-electron chi connectivity index (χ1n) is 9.58. The Morgan fingerprint density at radius 1 is 0.900 bits per heavy atom. The van der Waals surface area contributed by atoms with Crippen LogP contribution in [0.3, 0.4) is 0 Å². The lowest BCUT2D eigenvalue weighted by Crippen LogP contribution is -2.30. The van der Waals surface area contributed by atoms with Crippen LogP contribution in [-0.2, 0) is 9.59 Å². The second-order valence-corrected chi connectivity index (χ2v) is 7.33. The zero-order valence-electron chi connectivity index (χ0n) is 16.6. The third-order valence-corrected chi connectivity index (χ3v) is 5.46. The highest BCUT2D eigenvalue weighted by Gasteiger charge is 2.47. The number of benzene rings is 3. The van der Waals surface area contributed by atoms with E-state index in [4.69, 9.17) is 0 Å².